The van der Waals surface area contributed by atoms with Crippen molar-refractivity contribution < 1.29 is 9.84 Å². The summed E-state index contributed by atoms with van der Waals surface area (Å²) in [6, 6.07) is 9.88. The molecule has 0 aliphatic heterocycles. The van der Waals surface area contributed by atoms with E-state index in [0.29, 0.717) is 6.61 Å². The Morgan fingerprint density at radius 3 is 2.56 bits per heavy atom. The van der Waals surface area contributed by atoms with Gasteiger partial charge in [0.05, 0.1) is 18.6 Å². The van der Waals surface area contributed by atoms with Gasteiger partial charge in [-0.2, -0.15) is 0 Å². The molecule has 3 heteroatoms. The van der Waals surface area contributed by atoms with Crippen molar-refractivity contribution in [2.45, 2.75) is 37.9 Å². The zero-order valence-corrected chi connectivity index (χ0v) is 10.6. The van der Waals surface area contributed by atoms with Gasteiger partial charge in [0.25, 0.3) is 0 Å². The molecule has 0 amide bonds. The molecule has 1 N–H and O–H groups in total. The lowest BCUT2D eigenvalue weighted by Gasteiger charge is -2.27. The Morgan fingerprint density at radius 2 is 2.00 bits per heavy atom. The van der Waals surface area contributed by atoms with E-state index in [1.807, 2.05) is 37.3 Å². The van der Waals surface area contributed by atoms with E-state index in [-0.39, 0.29) is 12.0 Å². The molecular weight excluding hydrogens is 224 g/mol. The van der Waals surface area contributed by atoms with Crippen LogP contribution in [-0.4, -0.2) is 22.7 Å². The standard InChI is InChI=1S/C13H19ClO2/c1-3-12(14)13(2,15)10-16-9-11-7-5-4-6-8-11/h4-8,12,15H,3,9-10H2,1-2H3/t12-,13+/m0/s1. The Balaban J connectivity index is 2.35. The number of aliphatic hydroxyl groups is 1. The Labute approximate surface area is 102 Å². The quantitative estimate of drug-likeness (QED) is 0.778. The lowest BCUT2D eigenvalue weighted by Crippen LogP contribution is -2.40. The van der Waals surface area contributed by atoms with Gasteiger partial charge in [-0.25, -0.2) is 0 Å². The Morgan fingerprint density at radius 1 is 1.38 bits per heavy atom. The molecule has 2 nitrogen and oxygen atoms in total. The summed E-state index contributed by atoms with van der Waals surface area (Å²) >= 11 is 6.01. The van der Waals surface area contributed by atoms with Gasteiger partial charge >= 0.3 is 0 Å². The van der Waals surface area contributed by atoms with Crippen molar-refractivity contribution in [3.8, 4) is 0 Å². The van der Waals surface area contributed by atoms with Gasteiger partial charge in [-0.15, -0.1) is 11.6 Å². The molecule has 0 unspecified atom stereocenters. The molecule has 0 spiro atoms. The molecule has 1 aromatic carbocycles. The van der Waals surface area contributed by atoms with E-state index in [2.05, 4.69) is 0 Å². The number of benzene rings is 1. The second-order valence-electron chi connectivity index (χ2n) is 4.21. The maximum Gasteiger partial charge on any atom is 0.101 e. The topological polar surface area (TPSA) is 29.5 Å². The minimum absolute atomic E-state index is 0.254. The lowest BCUT2D eigenvalue weighted by atomic mass is 10.0. The van der Waals surface area contributed by atoms with E-state index >= 15 is 0 Å². The molecule has 1 aromatic rings. The fourth-order valence-electron chi connectivity index (χ4n) is 1.48. The SMILES string of the molecule is CC[C@H](Cl)[C@](C)(O)COCc1ccccc1. The molecule has 0 saturated carbocycles. The van der Waals surface area contributed by atoms with Crippen LogP contribution in [0.1, 0.15) is 25.8 Å². The number of ether oxygens (including phenoxy) is 1. The van der Waals surface area contributed by atoms with Crippen molar-refractivity contribution in [3.63, 3.8) is 0 Å². The van der Waals surface area contributed by atoms with Crippen molar-refractivity contribution in [2.24, 2.45) is 0 Å². The van der Waals surface area contributed by atoms with Crippen LogP contribution in [0.3, 0.4) is 0 Å². The maximum absolute atomic E-state index is 10.0. The van der Waals surface area contributed by atoms with Gasteiger partial charge in [-0.05, 0) is 18.9 Å². The van der Waals surface area contributed by atoms with Crippen LogP contribution in [0.4, 0.5) is 0 Å². The third kappa shape index (κ3) is 4.12. The summed E-state index contributed by atoms with van der Waals surface area (Å²) in [4.78, 5) is 0. The summed E-state index contributed by atoms with van der Waals surface area (Å²) < 4.78 is 5.47. The van der Waals surface area contributed by atoms with Crippen molar-refractivity contribution >= 4 is 11.6 Å². The fourth-order valence-corrected chi connectivity index (χ4v) is 1.54. The summed E-state index contributed by atoms with van der Waals surface area (Å²) in [5, 5.41) is 9.73. The van der Waals surface area contributed by atoms with Crippen LogP contribution in [0, 0.1) is 0 Å². The highest BCUT2D eigenvalue weighted by molar-refractivity contribution is 6.21. The third-order valence-electron chi connectivity index (χ3n) is 2.54. The summed E-state index contributed by atoms with van der Waals surface area (Å²) in [5.74, 6) is 0. The fraction of sp³-hybridized carbons (Fsp3) is 0.538. The predicted octanol–water partition coefficient (Wildman–Crippen LogP) is 2.97. The smallest absolute Gasteiger partial charge is 0.101 e. The molecule has 0 aliphatic carbocycles. The summed E-state index contributed by atoms with van der Waals surface area (Å²) in [5.41, 5.74) is 0.131. The molecule has 0 radical (unpaired) electrons. The molecule has 2 atom stereocenters. The maximum atomic E-state index is 10.0. The molecule has 0 bridgehead atoms. The summed E-state index contributed by atoms with van der Waals surface area (Å²) in [6.45, 7) is 4.41. The van der Waals surface area contributed by atoms with Crippen LogP contribution < -0.4 is 0 Å². The van der Waals surface area contributed by atoms with E-state index in [9.17, 15) is 5.11 Å². The predicted molar refractivity (Wildman–Crippen MR) is 66.7 cm³/mol. The zero-order chi connectivity index (χ0) is 12.0. The van der Waals surface area contributed by atoms with Crippen molar-refractivity contribution in [3.05, 3.63) is 35.9 Å². The first-order valence-electron chi connectivity index (χ1n) is 5.54. The molecule has 1 rings (SSSR count). The van der Waals surface area contributed by atoms with E-state index in [0.717, 1.165) is 12.0 Å². The van der Waals surface area contributed by atoms with Gasteiger partial charge in [0.2, 0.25) is 0 Å². The normalized spacial score (nSPS) is 16.8. The van der Waals surface area contributed by atoms with Gasteiger partial charge in [-0.1, -0.05) is 37.3 Å². The molecule has 0 fully saturated rings. The minimum Gasteiger partial charge on any atom is -0.386 e. The Kier molecular flexibility index (Phi) is 5.26. The first-order chi connectivity index (χ1) is 7.56. The van der Waals surface area contributed by atoms with E-state index in [4.69, 9.17) is 16.3 Å². The zero-order valence-electron chi connectivity index (χ0n) is 9.82. The van der Waals surface area contributed by atoms with E-state index in [1.165, 1.54) is 0 Å². The van der Waals surface area contributed by atoms with Crippen LogP contribution in [0.25, 0.3) is 0 Å². The van der Waals surface area contributed by atoms with Gasteiger partial charge in [0.1, 0.15) is 5.60 Å². The monoisotopic (exact) mass is 242 g/mol. The van der Waals surface area contributed by atoms with Gasteiger partial charge in [-0.3, -0.25) is 0 Å². The molecule has 0 aliphatic rings. The average molecular weight is 243 g/mol. The lowest BCUT2D eigenvalue weighted by molar-refractivity contribution is -0.0419. The molecule has 0 heterocycles. The van der Waals surface area contributed by atoms with Gasteiger partial charge < -0.3 is 9.84 Å². The van der Waals surface area contributed by atoms with Crippen LogP contribution >= 0.6 is 11.6 Å². The second kappa shape index (κ2) is 6.24. The number of hydrogen-bond donors (Lipinski definition) is 1. The molecular formula is C13H19ClO2. The minimum atomic E-state index is -0.967. The number of rotatable bonds is 6. The van der Waals surface area contributed by atoms with Crippen molar-refractivity contribution in [1.82, 2.24) is 0 Å². The summed E-state index contributed by atoms with van der Waals surface area (Å²) in [7, 11) is 0. The molecule has 0 aromatic heterocycles. The van der Waals surface area contributed by atoms with Gasteiger partial charge in [0.15, 0.2) is 0 Å². The Bertz CT molecular complexity index is 298. The first kappa shape index (κ1) is 13.5. The molecule has 90 valence electrons. The van der Waals surface area contributed by atoms with Crippen LogP contribution in [0.2, 0.25) is 0 Å². The first-order valence-corrected chi connectivity index (χ1v) is 5.98. The van der Waals surface area contributed by atoms with E-state index < -0.39 is 5.60 Å². The second-order valence-corrected chi connectivity index (χ2v) is 4.74. The van der Waals surface area contributed by atoms with Crippen LogP contribution in [-0.2, 0) is 11.3 Å². The highest BCUT2D eigenvalue weighted by Crippen LogP contribution is 2.19. The largest absolute Gasteiger partial charge is 0.386 e. The molecule has 16 heavy (non-hydrogen) atoms. The third-order valence-corrected chi connectivity index (χ3v) is 3.32. The van der Waals surface area contributed by atoms with Crippen molar-refractivity contribution in [2.75, 3.05) is 6.61 Å². The van der Waals surface area contributed by atoms with E-state index in [1.54, 1.807) is 6.92 Å². The Hall–Kier alpha value is -0.570. The molecule has 0 saturated heterocycles. The number of alkyl halides is 1. The number of halogens is 1. The summed E-state index contributed by atoms with van der Waals surface area (Å²) in [6.07, 6.45) is 0.725. The highest BCUT2D eigenvalue weighted by Gasteiger charge is 2.29. The highest BCUT2D eigenvalue weighted by atomic mass is 35.5. The van der Waals surface area contributed by atoms with Crippen LogP contribution in [0.5, 0.6) is 0 Å². The van der Waals surface area contributed by atoms with Crippen molar-refractivity contribution in [1.29, 1.82) is 0 Å². The van der Waals surface area contributed by atoms with Gasteiger partial charge in [0, 0.05) is 0 Å². The average Bonchev–Trinajstić information content (AvgIpc) is 2.29. The number of hydrogen-bond acceptors (Lipinski definition) is 2. The van der Waals surface area contributed by atoms with Crippen LogP contribution in [0.15, 0.2) is 30.3 Å².